The van der Waals surface area contributed by atoms with Gasteiger partial charge in [-0.3, -0.25) is 9.59 Å². The van der Waals surface area contributed by atoms with E-state index in [1.54, 1.807) is 18.9 Å². The Morgan fingerprint density at radius 2 is 1.62 bits per heavy atom. The molecule has 0 fully saturated rings. The number of methoxy groups -OCH3 is 1. The van der Waals surface area contributed by atoms with Crippen LogP contribution in [0.5, 0.6) is 5.75 Å². The van der Waals surface area contributed by atoms with Gasteiger partial charge in [-0.1, -0.05) is 54.6 Å². The van der Waals surface area contributed by atoms with Crippen molar-refractivity contribution in [2.45, 2.75) is 30.3 Å². The highest BCUT2D eigenvalue weighted by Crippen LogP contribution is 2.17. The summed E-state index contributed by atoms with van der Waals surface area (Å²) >= 11 is 1.65. The minimum absolute atomic E-state index is 0.192. The normalized spacial score (nSPS) is 11.4. The molecular formula is C26H28N2O3S. The summed E-state index contributed by atoms with van der Waals surface area (Å²) in [7, 11) is 1.60. The molecule has 0 radical (unpaired) electrons. The molecule has 0 heterocycles. The van der Waals surface area contributed by atoms with Crippen LogP contribution in [-0.4, -0.2) is 31.2 Å². The molecule has 2 N–H and O–H groups in total. The smallest absolute Gasteiger partial charge is 0.243 e. The minimum Gasteiger partial charge on any atom is -0.497 e. The first kappa shape index (κ1) is 23.4. The molecule has 166 valence electrons. The van der Waals surface area contributed by atoms with Gasteiger partial charge in [0.15, 0.2) is 0 Å². The molecule has 6 heteroatoms. The average Bonchev–Trinajstić information content (AvgIpc) is 2.83. The summed E-state index contributed by atoms with van der Waals surface area (Å²) in [5.74, 6) is 0.337. The predicted molar refractivity (Wildman–Crippen MR) is 129 cm³/mol. The van der Waals surface area contributed by atoms with Crippen LogP contribution in [0.2, 0.25) is 0 Å². The number of nitrogens with one attached hydrogen (secondary N) is 2. The van der Waals surface area contributed by atoms with Gasteiger partial charge in [-0.25, -0.2) is 0 Å². The van der Waals surface area contributed by atoms with Crippen molar-refractivity contribution in [3.8, 4) is 5.75 Å². The summed E-state index contributed by atoms with van der Waals surface area (Å²) < 4.78 is 5.16. The van der Waals surface area contributed by atoms with E-state index >= 15 is 0 Å². The lowest BCUT2D eigenvalue weighted by molar-refractivity contribution is -0.128. The minimum atomic E-state index is -0.665. The van der Waals surface area contributed by atoms with Crippen molar-refractivity contribution < 1.29 is 14.3 Å². The summed E-state index contributed by atoms with van der Waals surface area (Å²) in [5, 5.41) is 5.88. The lowest BCUT2D eigenvalue weighted by Gasteiger charge is -2.19. The Morgan fingerprint density at radius 3 is 2.31 bits per heavy atom. The predicted octanol–water partition coefficient (Wildman–Crippen LogP) is 4.00. The molecular weight excluding hydrogens is 420 g/mol. The van der Waals surface area contributed by atoms with Crippen LogP contribution in [0.3, 0.4) is 0 Å². The average molecular weight is 449 g/mol. The molecule has 1 unspecified atom stereocenters. The van der Waals surface area contributed by atoms with E-state index in [2.05, 4.69) is 16.7 Å². The largest absolute Gasteiger partial charge is 0.497 e. The number of carbonyl (C=O) groups is 2. The van der Waals surface area contributed by atoms with Crippen molar-refractivity contribution in [1.82, 2.24) is 10.6 Å². The van der Waals surface area contributed by atoms with E-state index in [-0.39, 0.29) is 18.2 Å². The highest BCUT2D eigenvalue weighted by Gasteiger charge is 2.21. The number of hydrogen-bond acceptors (Lipinski definition) is 4. The van der Waals surface area contributed by atoms with Crippen molar-refractivity contribution in [2.75, 3.05) is 13.4 Å². The fraction of sp³-hybridized carbons (Fsp3) is 0.231. The quantitative estimate of drug-likeness (QED) is 0.460. The number of hydrogen-bond donors (Lipinski definition) is 2. The second kappa shape index (κ2) is 12.0. The Kier molecular flexibility index (Phi) is 8.75. The van der Waals surface area contributed by atoms with Gasteiger partial charge in [-0.2, -0.15) is 0 Å². The van der Waals surface area contributed by atoms with Crippen LogP contribution in [0.4, 0.5) is 0 Å². The van der Waals surface area contributed by atoms with Gasteiger partial charge in [0.1, 0.15) is 11.8 Å². The number of ether oxygens (including phenoxy) is 1. The lowest BCUT2D eigenvalue weighted by atomic mass is 10.0. The van der Waals surface area contributed by atoms with Crippen molar-refractivity contribution in [1.29, 1.82) is 0 Å². The van der Waals surface area contributed by atoms with Gasteiger partial charge in [0.2, 0.25) is 11.8 Å². The number of thioether (sulfide) groups is 1. The first-order valence-corrected chi connectivity index (χ1v) is 11.7. The Labute approximate surface area is 193 Å². The van der Waals surface area contributed by atoms with Gasteiger partial charge in [0.25, 0.3) is 0 Å². The molecule has 5 nitrogen and oxygen atoms in total. The number of benzene rings is 3. The first-order chi connectivity index (χ1) is 15.6. The molecule has 3 rings (SSSR count). The lowest BCUT2D eigenvalue weighted by Crippen LogP contribution is -2.48. The van der Waals surface area contributed by atoms with Crippen LogP contribution in [0, 0.1) is 0 Å². The van der Waals surface area contributed by atoms with Crippen LogP contribution >= 0.6 is 11.8 Å². The van der Waals surface area contributed by atoms with E-state index in [4.69, 9.17) is 4.74 Å². The summed E-state index contributed by atoms with van der Waals surface area (Å²) in [6.07, 6.45) is 2.63. The first-order valence-electron chi connectivity index (χ1n) is 10.4. The molecule has 0 aliphatic rings. The van der Waals surface area contributed by atoms with E-state index in [1.807, 2.05) is 79.1 Å². The number of carbonyl (C=O) groups excluding carboxylic acids is 2. The Hall–Kier alpha value is -3.25. The second-order valence-electron chi connectivity index (χ2n) is 7.40. The van der Waals surface area contributed by atoms with Crippen molar-refractivity contribution in [2.24, 2.45) is 0 Å². The Balaban J connectivity index is 1.69. The molecule has 0 spiro atoms. The van der Waals surface area contributed by atoms with Crippen molar-refractivity contribution in [3.05, 3.63) is 95.6 Å². The molecule has 3 aromatic carbocycles. The fourth-order valence-corrected chi connectivity index (χ4v) is 3.81. The monoisotopic (exact) mass is 448 g/mol. The Bertz CT molecular complexity index is 1020. The Morgan fingerprint density at radius 1 is 0.906 bits per heavy atom. The molecule has 0 saturated carbocycles. The van der Waals surface area contributed by atoms with Crippen LogP contribution in [0.25, 0.3) is 0 Å². The zero-order chi connectivity index (χ0) is 22.8. The standard InChI is InChI=1S/C26H28N2O3S/c1-31-22-13-11-19(12-14-22)17-25(29)28-24(16-21-9-6-10-23(15-21)32-2)26(30)27-18-20-7-4-3-5-8-20/h3-15,24H,16-18H2,1-2H3,(H,27,30)(H,28,29). The highest BCUT2D eigenvalue weighted by molar-refractivity contribution is 7.98. The second-order valence-corrected chi connectivity index (χ2v) is 8.28. The third-order valence-electron chi connectivity index (χ3n) is 5.06. The van der Waals surface area contributed by atoms with Gasteiger partial charge < -0.3 is 15.4 Å². The molecule has 1 atom stereocenters. The zero-order valence-electron chi connectivity index (χ0n) is 18.3. The van der Waals surface area contributed by atoms with Crippen LogP contribution < -0.4 is 15.4 Å². The van der Waals surface area contributed by atoms with Gasteiger partial charge in [-0.15, -0.1) is 11.8 Å². The van der Waals surface area contributed by atoms with Crippen LogP contribution in [0.15, 0.2) is 83.8 Å². The maximum atomic E-state index is 13.0. The topological polar surface area (TPSA) is 67.4 Å². The summed E-state index contributed by atoms with van der Waals surface area (Å²) in [5.41, 5.74) is 2.87. The molecule has 0 saturated heterocycles. The van der Waals surface area contributed by atoms with E-state index in [1.165, 1.54) is 0 Å². The molecule has 3 aromatic rings. The van der Waals surface area contributed by atoms with E-state index in [0.29, 0.717) is 13.0 Å². The number of amides is 2. The molecule has 0 aliphatic carbocycles. The molecule has 2 amide bonds. The summed E-state index contributed by atoms with van der Waals surface area (Å²) in [6.45, 7) is 0.412. The third-order valence-corrected chi connectivity index (χ3v) is 5.78. The van der Waals surface area contributed by atoms with Gasteiger partial charge in [-0.05, 0) is 47.2 Å². The third kappa shape index (κ3) is 7.17. The summed E-state index contributed by atoms with van der Waals surface area (Å²) in [6, 6.07) is 24.4. The maximum Gasteiger partial charge on any atom is 0.243 e. The van der Waals surface area contributed by atoms with E-state index in [9.17, 15) is 9.59 Å². The fourth-order valence-electron chi connectivity index (χ4n) is 3.33. The zero-order valence-corrected chi connectivity index (χ0v) is 19.2. The van der Waals surface area contributed by atoms with E-state index in [0.717, 1.165) is 27.3 Å². The highest BCUT2D eigenvalue weighted by atomic mass is 32.2. The van der Waals surface area contributed by atoms with Crippen molar-refractivity contribution in [3.63, 3.8) is 0 Å². The van der Waals surface area contributed by atoms with E-state index < -0.39 is 6.04 Å². The van der Waals surface area contributed by atoms with Crippen molar-refractivity contribution >= 4 is 23.6 Å². The van der Waals surface area contributed by atoms with Gasteiger partial charge in [0, 0.05) is 17.9 Å². The van der Waals surface area contributed by atoms with Gasteiger partial charge >= 0.3 is 0 Å². The van der Waals surface area contributed by atoms with Crippen LogP contribution in [-0.2, 0) is 29.0 Å². The van der Waals surface area contributed by atoms with Crippen LogP contribution in [0.1, 0.15) is 16.7 Å². The van der Waals surface area contributed by atoms with Gasteiger partial charge in [0.05, 0.1) is 13.5 Å². The molecule has 32 heavy (non-hydrogen) atoms. The maximum absolute atomic E-state index is 13.0. The molecule has 0 bridgehead atoms. The molecule has 0 aromatic heterocycles. The molecule has 0 aliphatic heterocycles. The SMILES string of the molecule is COc1ccc(CC(=O)NC(Cc2cccc(SC)c2)C(=O)NCc2ccccc2)cc1. The summed E-state index contributed by atoms with van der Waals surface area (Å²) in [4.78, 5) is 26.9. The number of rotatable bonds is 10.